The number of ketones is 1. The summed E-state index contributed by atoms with van der Waals surface area (Å²) in [6.07, 6.45) is 24.4. The molecule has 0 atom stereocenters. The number of Topliss-reactive ketones (excluding diaryl/α,β-unsaturated/α-hetero) is 1. The number of carbonyl (C=O) groups excluding carboxylic acids is 1. The summed E-state index contributed by atoms with van der Waals surface area (Å²) >= 11 is 4.29. The standard InChI is InChI=1S/C28H51BrOS/c1-3-5-7-9-11-13-15-31(29,16-14-12-10-8-6-4-2)23-27(30)28-20-24-17-25(21-28)19-26(18-24)22-28/h24-26H,3-23H2,1-2H3. The minimum atomic E-state index is -0.954. The van der Waals surface area contributed by atoms with Gasteiger partial charge in [-0.25, -0.2) is 0 Å². The van der Waals surface area contributed by atoms with Crippen molar-refractivity contribution in [2.24, 2.45) is 23.2 Å². The highest BCUT2D eigenvalue weighted by atomic mass is 79.9. The summed E-state index contributed by atoms with van der Waals surface area (Å²) in [5.41, 5.74) is 0.100. The molecular weight excluding hydrogens is 464 g/mol. The maximum absolute atomic E-state index is 13.9. The van der Waals surface area contributed by atoms with Crippen LogP contribution < -0.4 is 0 Å². The first-order valence-electron chi connectivity index (χ1n) is 14.0. The van der Waals surface area contributed by atoms with Gasteiger partial charge < -0.3 is 0 Å². The van der Waals surface area contributed by atoms with Gasteiger partial charge in [-0.15, -0.1) is 0 Å². The van der Waals surface area contributed by atoms with E-state index < -0.39 is 8.46 Å². The summed E-state index contributed by atoms with van der Waals surface area (Å²) in [6, 6.07) is 0. The molecule has 0 unspecified atom stereocenters. The molecule has 0 spiro atoms. The topological polar surface area (TPSA) is 17.1 Å². The van der Waals surface area contributed by atoms with Gasteiger partial charge in [-0.05, 0) is 95.4 Å². The Labute approximate surface area is 203 Å². The predicted molar refractivity (Wildman–Crippen MR) is 143 cm³/mol. The van der Waals surface area contributed by atoms with Crippen LogP contribution in [-0.2, 0) is 4.79 Å². The lowest BCUT2D eigenvalue weighted by atomic mass is 9.48. The molecule has 4 rings (SSSR count). The van der Waals surface area contributed by atoms with E-state index in [0.29, 0.717) is 5.78 Å². The van der Waals surface area contributed by atoms with Gasteiger partial charge in [-0.3, -0.25) is 4.79 Å². The summed E-state index contributed by atoms with van der Waals surface area (Å²) in [4.78, 5) is 13.9. The fourth-order valence-corrected chi connectivity index (χ4v) is 12.1. The van der Waals surface area contributed by atoms with Gasteiger partial charge in [0.25, 0.3) is 0 Å². The molecule has 182 valence electrons. The molecule has 0 amide bonds. The zero-order valence-electron chi connectivity index (χ0n) is 20.8. The number of unbranched alkanes of at least 4 members (excludes halogenated alkanes) is 10. The van der Waals surface area contributed by atoms with Crippen LogP contribution in [0, 0.1) is 23.2 Å². The first-order valence-corrected chi connectivity index (χ1v) is 18.0. The maximum Gasteiger partial charge on any atom is 0.148 e. The van der Waals surface area contributed by atoms with E-state index in [1.54, 1.807) is 0 Å². The van der Waals surface area contributed by atoms with Gasteiger partial charge in [-0.1, -0.05) is 78.1 Å². The SMILES string of the molecule is CCCCCCCCS(Br)(CCCCCCCC)CC(=O)C12CC3CC(CC(C3)C1)C2. The quantitative estimate of drug-likeness (QED) is 0.176. The van der Waals surface area contributed by atoms with Crippen molar-refractivity contribution in [3.8, 4) is 0 Å². The number of carbonyl (C=O) groups is 1. The second-order valence-electron chi connectivity index (χ2n) is 11.6. The minimum Gasteiger partial charge on any atom is -0.298 e. The van der Waals surface area contributed by atoms with Gasteiger partial charge in [0.1, 0.15) is 5.78 Å². The zero-order chi connectivity index (χ0) is 22.2. The van der Waals surface area contributed by atoms with Crippen molar-refractivity contribution >= 4 is 29.1 Å². The molecule has 0 heterocycles. The molecule has 0 aliphatic heterocycles. The van der Waals surface area contributed by atoms with Gasteiger partial charge in [0.2, 0.25) is 0 Å². The molecule has 3 heteroatoms. The molecule has 0 radical (unpaired) electrons. The average Bonchev–Trinajstić information content (AvgIpc) is 2.72. The van der Waals surface area contributed by atoms with E-state index in [0.717, 1.165) is 23.5 Å². The van der Waals surface area contributed by atoms with Gasteiger partial charge >= 0.3 is 0 Å². The van der Waals surface area contributed by atoms with Crippen molar-refractivity contribution in [2.75, 3.05) is 17.3 Å². The Kier molecular flexibility index (Phi) is 10.8. The third-order valence-corrected chi connectivity index (χ3v) is 14.2. The van der Waals surface area contributed by atoms with Crippen LogP contribution in [0.5, 0.6) is 0 Å². The van der Waals surface area contributed by atoms with Crippen LogP contribution in [0.15, 0.2) is 0 Å². The van der Waals surface area contributed by atoms with Crippen molar-refractivity contribution in [3.05, 3.63) is 0 Å². The number of hydrogen-bond acceptors (Lipinski definition) is 1. The first kappa shape index (κ1) is 26.1. The molecule has 31 heavy (non-hydrogen) atoms. The van der Waals surface area contributed by atoms with E-state index in [1.807, 2.05) is 0 Å². The third kappa shape index (κ3) is 7.76. The van der Waals surface area contributed by atoms with Gasteiger partial charge in [-0.2, -0.15) is 8.46 Å². The second-order valence-corrected chi connectivity index (χ2v) is 18.8. The lowest BCUT2D eigenvalue weighted by Gasteiger charge is -2.56. The number of rotatable bonds is 17. The summed E-state index contributed by atoms with van der Waals surface area (Å²) in [5.74, 6) is 6.79. The highest BCUT2D eigenvalue weighted by Gasteiger charge is 2.54. The van der Waals surface area contributed by atoms with Crippen molar-refractivity contribution in [3.63, 3.8) is 0 Å². The molecule has 0 aromatic rings. The Balaban J connectivity index is 1.52. The summed E-state index contributed by atoms with van der Waals surface area (Å²) < 4.78 is 0. The van der Waals surface area contributed by atoms with E-state index in [-0.39, 0.29) is 5.41 Å². The monoisotopic (exact) mass is 514 g/mol. The molecule has 4 fully saturated rings. The van der Waals surface area contributed by atoms with Crippen molar-refractivity contribution in [1.82, 2.24) is 0 Å². The molecule has 0 aromatic heterocycles. The molecule has 4 aliphatic rings. The lowest BCUT2D eigenvalue weighted by molar-refractivity contribution is -0.141. The van der Waals surface area contributed by atoms with Crippen molar-refractivity contribution < 1.29 is 4.79 Å². The predicted octanol–water partition coefficient (Wildman–Crippen LogP) is 9.61. The van der Waals surface area contributed by atoms with Crippen LogP contribution in [0.1, 0.15) is 129 Å². The molecular formula is C28H51BrOS. The minimum absolute atomic E-state index is 0.100. The van der Waals surface area contributed by atoms with Gasteiger partial charge in [0, 0.05) is 11.2 Å². The number of halogens is 1. The Morgan fingerprint density at radius 2 is 1.10 bits per heavy atom. The zero-order valence-corrected chi connectivity index (χ0v) is 23.2. The van der Waals surface area contributed by atoms with Crippen molar-refractivity contribution in [2.45, 2.75) is 129 Å². The van der Waals surface area contributed by atoms with Crippen LogP contribution in [0.4, 0.5) is 0 Å². The molecule has 0 saturated heterocycles. The summed E-state index contributed by atoms with van der Waals surface area (Å²) in [7, 11) is -0.954. The van der Waals surface area contributed by atoms with Crippen LogP contribution >= 0.6 is 23.3 Å². The first-order chi connectivity index (χ1) is 15.0. The fourth-order valence-electron chi connectivity index (χ4n) is 7.37. The van der Waals surface area contributed by atoms with Gasteiger partial charge in [0.05, 0.1) is 0 Å². The van der Waals surface area contributed by atoms with E-state index in [9.17, 15) is 4.79 Å². The lowest BCUT2D eigenvalue weighted by Crippen LogP contribution is -2.51. The van der Waals surface area contributed by atoms with Crippen LogP contribution in [-0.4, -0.2) is 23.0 Å². The van der Waals surface area contributed by atoms with Crippen molar-refractivity contribution in [1.29, 1.82) is 0 Å². The average molecular weight is 516 g/mol. The normalized spacial score (nSPS) is 30.1. The van der Waals surface area contributed by atoms with Crippen LogP contribution in [0.2, 0.25) is 0 Å². The molecule has 0 aromatic carbocycles. The fraction of sp³-hybridized carbons (Fsp3) is 0.964. The highest BCUT2D eigenvalue weighted by Crippen LogP contribution is 2.63. The third-order valence-electron chi connectivity index (χ3n) is 8.75. The highest BCUT2D eigenvalue weighted by molar-refractivity contribution is 9.58. The summed E-state index contributed by atoms with van der Waals surface area (Å²) in [5, 5.41) is 0. The molecule has 0 N–H and O–H groups in total. The largest absolute Gasteiger partial charge is 0.298 e. The second kappa shape index (κ2) is 12.8. The van der Waals surface area contributed by atoms with Crippen LogP contribution in [0.3, 0.4) is 0 Å². The Bertz CT molecular complexity index is 494. The summed E-state index contributed by atoms with van der Waals surface area (Å²) in [6.45, 7) is 4.59. The van der Waals surface area contributed by atoms with Gasteiger partial charge in [0.15, 0.2) is 0 Å². The Morgan fingerprint density at radius 1 is 0.710 bits per heavy atom. The molecule has 1 nitrogen and oxygen atoms in total. The Hall–Kier alpha value is 0.500. The molecule has 4 bridgehead atoms. The molecule has 4 aliphatic carbocycles. The van der Waals surface area contributed by atoms with E-state index in [2.05, 4.69) is 28.7 Å². The van der Waals surface area contributed by atoms with Crippen LogP contribution in [0.25, 0.3) is 0 Å². The number of hydrogen-bond donors (Lipinski definition) is 0. The van der Waals surface area contributed by atoms with E-state index in [4.69, 9.17) is 0 Å². The molecule has 4 saturated carbocycles. The van der Waals surface area contributed by atoms with E-state index >= 15 is 0 Å². The maximum atomic E-state index is 13.9. The smallest absolute Gasteiger partial charge is 0.148 e. The van der Waals surface area contributed by atoms with E-state index in [1.165, 1.54) is 127 Å². The Morgan fingerprint density at radius 3 is 1.52 bits per heavy atom.